The number of piperidine rings is 1. The van der Waals surface area contributed by atoms with Gasteiger partial charge in [0, 0.05) is 18.1 Å². The lowest BCUT2D eigenvalue weighted by Gasteiger charge is -2.26. The highest BCUT2D eigenvalue weighted by Gasteiger charge is 2.09. The third-order valence-corrected chi connectivity index (χ3v) is 3.53. The van der Waals surface area contributed by atoms with Crippen LogP contribution in [0, 0.1) is 11.3 Å². The minimum Gasteiger partial charge on any atom is -0.383 e. The summed E-state index contributed by atoms with van der Waals surface area (Å²) in [6.07, 6.45) is 3.97. The highest BCUT2D eigenvalue weighted by atomic mass is 35.5. The topological polar surface area (TPSA) is 39.1 Å². The van der Waals surface area contributed by atoms with Crippen LogP contribution >= 0.6 is 11.6 Å². The molecule has 1 aliphatic rings. The average molecular weight is 264 g/mol. The van der Waals surface area contributed by atoms with Gasteiger partial charge in [0.2, 0.25) is 0 Å². The summed E-state index contributed by atoms with van der Waals surface area (Å²) in [5.74, 6) is 0. The Labute approximate surface area is 113 Å². The molecule has 4 heteroatoms. The van der Waals surface area contributed by atoms with Crippen molar-refractivity contribution in [3.63, 3.8) is 0 Å². The molecule has 1 aromatic rings. The highest BCUT2D eigenvalue weighted by Crippen LogP contribution is 2.20. The molecular weight excluding hydrogens is 246 g/mol. The van der Waals surface area contributed by atoms with Crippen LogP contribution < -0.4 is 5.32 Å². The van der Waals surface area contributed by atoms with E-state index in [1.807, 2.05) is 6.07 Å². The zero-order chi connectivity index (χ0) is 12.8. The third kappa shape index (κ3) is 3.63. The van der Waals surface area contributed by atoms with Gasteiger partial charge in [-0.05, 0) is 44.1 Å². The van der Waals surface area contributed by atoms with E-state index in [-0.39, 0.29) is 0 Å². The first-order chi connectivity index (χ1) is 8.79. The molecule has 0 aliphatic carbocycles. The summed E-state index contributed by atoms with van der Waals surface area (Å²) < 4.78 is 0. The Bertz CT molecular complexity index is 433. The Hall–Kier alpha value is -1.24. The molecule has 0 bridgehead atoms. The first-order valence-electron chi connectivity index (χ1n) is 6.45. The zero-order valence-electron chi connectivity index (χ0n) is 10.5. The van der Waals surface area contributed by atoms with Gasteiger partial charge in [-0.15, -0.1) is 0 Å². The van der Waals surface area contributed by atoms with Crippen molar-refractivity contribution in [1.29, 1.82) is 5.26 Å². The minimum absolute atomic E-state index is 0.651. The predicted octanol–water partition coefficient (Wildman–Crippen LogP) is 3.11. The van der Waals surface area contributed by atoms with E-state index < -0.39 is 0 Å². The first-order valence-corrected chi connectivity index (χ1v) is 6.83. The van der Waals surface area contributed by atoms with Crippen molar-refractivity contribution in [3.8, 4) is 6.07 Å². The number of rotatable bonds is 4. The number of likely N-dealkylation sites (tertiary alicyclic amines) is 1. The van der Waals surface area contributed by atoms with Crippen LogP contribution in [0.4, 0.5) is 5.69 Å². The second kappa shape index (κ2) is 6.63. The summed E-state index contributed by atoms with van der Waals surface area (Å²) in [7, 11) is 0. The number of nitrogens with one attached hydrogen (secondary N) is 1. The fourth-order valence-corrected chi connectivity index (χ4v) is 2.46. The summed E-state index contributed by atoms with van der Waals surface area (Å²) in [5, 5.41) is 13.0. The van der Waals surface area contributed by atoms with Gasteiger partial charge < -0.3 is 10.2 Å². The number of hydrogen-bond donors (Lipinski definition) is 1. The molecule has 1 fully saturated rings. The van der Waals surface area contributed by atoms with Crippen molar-refractivity contribution in [2.24, 2.45) is 0 Å². The van der Waals surface area contributed by atoms with E-state index in [1.165, 1.54) is 32.4 Å². The molecule has 0 amide bonds. The van der Waals surface area contributed by atoms with Gasteiger partial charge in [0.25, 0.3) is 0 Å². The molecule has 1 aromatic carbocycles. The van der Waals surface area contributed by atoms with Gasteiger partial charge >= 0.3 is 0 Å². The van der Waals surface area contributed by atoms with E-state index in [0.29, 0.717) is 10.6 Å². The maximum Gasteiger partial charge on any atom is 0.101 e. The van der Waals surface area contributed by atoms with Crippen LogP contribution in [0.3, 0.4) is 0 Å². The van der Waals surface area contributed by atoms with E-state index >= 15 is 0 Å². The zero-order valence-corrected chi connectivity index (χ0v) is 11.2. The fourth-order valence-electron chi connectivity index (χ4n) is 2.29. The molecule has 2 rings (SSSR count). The smallest absolute Gasteiger partial charge is 0.101 e. The summed E-state index contributed by atoms with van der Waals surface area (Å²) in [4.78, 5) is 2.47. The number of anilines is 1. The summed E-state index contributed by atoms with van der Waals surface area (Å²) in [5.41, 5.74) is 1.49. The summed E-state index contributed by atoms with van der Waals surface area (Å²) in [6, 6.07) is 7.49. The van der Waals surface area contributed by atoms with Gasteiger partial charge in [-0.3, -0.25) is 0 Å². The quantitative estimate of drug-likeness (QED) is 0.907. The normalized spacial score (nSPS) is 16.2. The van der Waals surface area contributed by atoms with Gasteiger partial charge in [-0.2, -0.15) is 5.26 Å². The molecule has 1 N–H and O–H groups in total. The predicted molar refractivity (Wildman–Crippen MR) is 74.9 cm³/mol. The number of nitrogens with zero attached hydrogens (tertiary/aromatic N) is 2. The molecule has 0 saturated carbocycles. The summed E-state index contributed by atoms with van der Waals surface area (Å²) >= 11 is 5.94. The van der Waals surface area contributed by atoms with Gasteiger partial charge in [-0.25, -0.2) is 0 Å². The first kappa shape index (κ1) is 13.2. The number of halogens is 1. The van der Waals surface area contributed by atoms with Gasteiger partial charge in [0.05, 0.1) is 11.3 Å². The van der Waals surface area contributed by atoms with Crippen molar-refractivity contribution in [3.05, 3.63) is 28.8 Å². The Morgan fingerprint density at radius 2 is 2.06 bits per heavy atom. The van der Waals surface area contributed by atoms with Gasteiger partial charge in [0.15, 0.2) is 0 Å². The summed E-state index contributed by atoms with van der Waals surface area (Å²) in [6.45, 7) is 4.27. The van der Waals surface area contributed by atoms with Crippen LogP contribution in [0.25, 0.3) is 0 Å². The fraction of sp³-hybridized carbons (Fsp3) is 0.500. The van der Waals surface area contributed by atoms with Crippen LogP contribution in [0.15, 0.2) is 18.2 Å². The average Bonchev–Trinajstić information content (AvgIpc) is 2.40. The van der Waals surface area contributed by atoms with Crippen molar-refractivity contribution >= 4 is 17.3 Å². The molecular formula is C14H18ClN3. The monoisotopic (exact) mass is 263 g/mol. The van der Waals surface area contributed by atoms with E-state index in [0.717, 1.165) is 18.8 Å². The molecule has 3 nitrogen and oxygen atoms in total. The Balaban J connectivity index is 1.86. The van der Waals surface area contributed by atoms with Crippen molar-refractivity contribution in [1.82, 2.24) is 4.90 Å². The van der Waals surface area contributed by atoms with Crippen LogP contribution in [0.5, 0.6) is 0 Å². The second-order valence-electron chi connectivity index (χ2n) is 4.63. The minimum atomic E-state index is 0.651. The maximum atomic E-state index is 9.01. The van der Waals surface area contributed by atoms with E-state index in [4.69, 9.17) is 16.9 Å². The van der Waals surface area contributed by atoms with Crippen molar-refractivity contribution in [2.75, 3.05) is 31.5 Å². The molecule has 1 saturated heterocycles. The second-order valence-corrected chi connectivity index (χ2v) is 5.07. The SMILES string of the molecule is N#Cc1ccc(Cl)cc1NCCN1CCCCC1. The molecule has 96 valence electrons. The highest BCUT2D eigenvalue weighted by molar-refractivity contribution is 6.30. The van der Waals surface area contributed by atoms with Crippen LogP contribution in [-0.4, -0.2) is 31.1 Å². The largest absolute Gasteiger partial charge is 0.383 e. The maximum absolute atomic E-state index is 9.01. The van der Waals surface area contributed by atoms with Crippen LogP contribution in [0.1, 0.15) is 24.8 Å². The Morgan fingerprint density at radius 3 is 2.78 bits per heavy atom. The lowest BCUT2D eigenvalue weighted by atomic mass is 10.1. The molecule has 1 heterocycles. The molecule has 18 heavy (non-hydrogen) atoms. The van der Waals surface area contributed by atoms with E-state index in [2.05, 4.69) is 16.3 Å². The van der Waals surface area contributed by atoms with Gasteiger partial charge in [0.1, 0.15) is 6.07 Å². The van der Waals surface area contributed by atoms with E-state index in [9.17, 15) is 0 Å². The Morgan fingerprint density at radius 1 is 1.28 bits per heavy atom. The molecule has 1 aliphatic heterocycles. The number of nitriles is 1. The lowest BCUT2D eigenvalue weighted by molar-refractivity contribution is 0.237. The number of hydrogen-bond acceptors (Lipinski definition) is 3. The molecule has 0 radical (unpaired) electrons. The van der Waals surface area contributed by atoms with Crippen molar-refractivity contribution < 1.29 is 0 Å². The van der Waals surface area contributed by atoms with Crippen LogP contribution in [-0.2, 0) is 0 Å². The standard InChI is InChI=1S/C14H18ClN3/c15-13-5-4-12(11-16)14(10-13)17-6-9-18-7-2-1-3-8-18/h4-5,10,17H,1-3,6-9H2. The van der Waals surface area contributed by atoms with Crippen LogP contribution in [0.2, 0.25) is 5.02 Å². The molecule has 0 spiro atoms. The molecule has 0 aromatic heterocycles. The van der Waals surface area contributed by atoms with Gasteiger partial charge in [-0.1, -0.05) is 18.0 Å². The third-order valence-electron chi connectivity index (χ3n) is 3.29. The molecule has 0 unspecified atom stereocenters. The van der Waals surface area contributed by atoms with Crippen molar-refractivity contribution in [2.45, 2.75) is 19.3 Å². The Kier molecular flexibility index (Phi) is 4.86. The van der Waals surface area contributed by atoms with E-state index in [1.54, 1.807) is 12.1 Å². The lowest BCUT2D eigenvalue weighted by Crippen LogP contribution is -2.33. The molecule has 0 atom stereocenters. The number of benzene rings is 1.